The Morgan fingerprint density at radius 3 is 2.07 bits per heavy atom. The number of Topliss-reactive ketones (excluding diaryl/α,β-unsaturated/α-hetero) is 1. The van der Waals surface area contributed by atoms with Gasteiger partial charge in [0.05, 0.1) is 0 Å². The van der Waals surface area contributed by atoms with E-state index in [0.717, 1.165) is 21.8 Å². The predicted molar refractivity (Wildman–Crippen MR) is 171 cm³/mol. The Morgan fingerprint density at radius 2 is 1.40 bits per heavy atom. The minimum absolute atomic E-state index is 0.0203. The number of ketones is 1. The maximum absolute atomic E-state index is 12.6. The van der Waals surface area contributed by atoms with Crippen LogP contribution in [0.5, 0.6) is 0 Å². The third-order valence-electron chi connectivity index (χ3n) is 6.61. The monoisotopic (exact) mass is 587 g/mol. The number of carbonyl (C=O) groups is 3. The highest BCUT2D eigenvalue weighted by Crippen LogP contribution is 2.26. The summed E-state index contributed by atoms with van der Waals surface area (Å²) in [5.74, 6) is 0.924. The van der Waals surface area contributed by atoms with Gasteiger partial charge >= 0.3 is 0 Å². The molecular weight excluding hydrogens is 558 g/mol. The molecule has 0 bridgehead atoms. The van der Waals surface area contributed by atoms with Crippen molar-refractivity contribution in [1.82, 2.24) is 14.8 Å². The number of amides is 2. The topological polar surface area (TPSA) is 106 Å². The number of carbonyl (C=O) groups excluding carboxylic acids is 3. The molecule has 0 radical (unpaired) electrons. The van der Waals surface area contributed by atoms with E-state index in [4.69, 9.17) is 0 Å². The van der Waals surface area contributed by atoms with Crippen molar-refractivity contribution in [3.05, 3.63) is 131 Å². The van der Waals surface area contributed by atoms with Crippen LogP contribution in [0.2, 0.25) is 0 Å². The fourth-order valence-corrected chi connectivity index (χ4v) is 5.07. The summed E-state index contributed by atoms with van der Waals surface area (Å²) in [5, 5.41) is 15.2. The standard InChI is InChI=1S/C34H29N5O3S/c1-23(40)26-13-17-30(18-14-26)36-33(42)28-11-8-25(9-12-28)22-43-34-38-37-32(39(34)2)27-15-19-29(20-16-27)35-31(41)21-10-24-6-4-3-5-7-24/h3-21H,22H2,1-2H3,(H,35,41)(H,36,42). The summed E-state index contributed by atoms with van der Waals surface area (Å²) < 4.78 is 1.93. The molecule has 0 spiro atoms. The van der Waals surface area contributed by atoms with E-state index in [1.54, 1.807) is 54.2 Å². The second-order valence-electron chi connectivity index (χ2n) is 9.75. The van der Waals surface area contributed by atoms with E-state index in [-0.39, 0.29) is 17.6 Å². The highest BCUT2D eigenvalue weighted by atomic mass is 32.2. The van der Waals surface area contributed by atoms with Crippen LogP contribution >= 0.6 is 11.8 Å². The van der Waals surface area contributed by atoms with Crippen LogP contribution in [0.3, 0.4) is 0 Å². The Balaban J connectivity index is 1.14. The Bertz CT molecular complexity index is 1760. The highest BCUT2D eigenvalue weighted by molar-refractivity contribution is 7.98. The molecule has 0 fully saturated rings. The van der Waals surface area contributed by atoms with E-state index in [0.29, 0.717) is 34.1 Å². The van der Waals surface area contributed by atoms with Crippen LogP contribution in [0.4, 0.5) is 11.4 Å². The van der Waals surface area contributed by atoms with Gasteiger partial charge in [0.1, 0.15) is 0 Å². The molecule has 43 heavy (non-hydrogen) atoms. The Kier molecular flexibility index (Phi) is 9.23. The quantitative estimate of drug-likeness (QED) is 0.105. The van der Waals surface area contributed by atoms with E-state index in [2.05, 4.69) is 20.8 Å². The van der Waals surface area contributed by atoms with Gasteiger partial charge in [0.2, 0.25) is 5.91 Å². The Labute approximate surface area is 253 Å². The van der Waals surface area contributed by atoms with Crippen molar-refractivity contribution >= 4 is 46.8 Å². The zero-order chi connectivity index (χ0) is 30.2. The molecule has 0 saturated heterocycles. The highest BCUT2D eigenvalue weighted by Gasteiger charge is 2.13. The third kappa shape index (κ3) is 7.72. The molecule has 5 rings (SSSR count). The lowest BCUT2D eigenvalue weighted by atomic mass is 10.1. The summed E-state index contributed by atoms with van der Waals surface area (Å²) in [6, 6.07) is 31.3. The van der Waals surface area contributed by atoms with Crippen molar-refractivity contribution < 1.29 is 14.4 Å². The predicted octanol–water partition coefficient (Wildman–Crippen LogP) is 6.88. The summed E-state index contributed by atoms with van der Waals surface area (Å²) in [6.07, 6.45) is 3.28. The molecule has 1 aromatic heterocycles. The summed E-state index contributed by atoms with van der Waals surface area (Å²) in [5.41, 5.74) is 5.33. The summed E-state index contributed by atoms with van der Waals surface area (Å²) in [4.78, 5) is 36.4. The van der Waals surface area contributed by atoms with Crippen molar-refractivity contribution in [2.24, 2.45) is 7.05 Å². The molecular formula is C34H29N5O3S. The van der Waals surface area contributed by atoms with Gasteiger partial charge in [0, 0.05) is 46.9 Å². The Morgan fingerprint density at radius 1 is 0.767 bits per heavy atom. The first-order chi connectivity index (χ1) is 20.9. The van der Waals surface area contributed by atoms with Gasteiger partial charge in [-0.3, -0.25) is 14.4 Å². The van der Waals surface area contributed by atoms with Crippen LogP contribution in [0.15, 0.2) is 114 Å². The number of anilines is 2. The number of aromatic nitrogens is 3. The summed E-state index contributed by atoms with van der Waals surface area (Å²) in [6.45, 7) is 1.51. The number of thioether (sulfide) groups is 1. The van der Waals surface area contributed by atoms with Gasteiger partial charge in [-0.2, -0.15) is 0 Å². The first kappa shape index (κ1) is 29.2. The number of hydrogen-bond donors (Lipinski definition) is 2. The second-order valence-corrected chi connectivity index (χ2v) is 10.7. The van der Waals surface area contributed by atoms with Gasteiger partial charge in [0.25, 0.3) is 5.91 Å². The number of nitrogens with zero attached hydrogens (tertiary/aromatic N) is 3. The maximum atomic E-state index is 12.6. The maximum Gasteiger partial charge on any atom is 0.255 e. The van der Waals surface area contributed by atoms with E-state index >= 15 is 0 Å². The number of benzene rings is 4. The molecule has 9 heteroatoms. The van der Waals surface area contributed by atoms with Crippen molar-refractivity contribution in [2.75, 3.05) is 10.6 Å². The van der Waals surface area contributed by atoms with Gasteiger partial charge in [-0.05, 0) is 84.8 Å². The minimum atomic E-state index is -0.220. The van der Waals surface area contributed by atoms with Crippen molar-refractivity contribution in [3.8, 4) is 11.4 Å². The van der Waals surface area contributed by atoms with Crippen molar-refractivity contribution in [3.63, 3.8) is 0 Å². The molecule has 2 N–H and O–H groups in total. The van der Waals surface area contributed by atoms with Crippen molar-refractivity contribution in [1.29, 1.82) is 0 Å². The normalized spacial score (nSPS) is 10.9. The molecule has 8 nitrogen and oxygen atoms in total. The fraction of sp³-hybridized carbons (Fsp3) is 0.0882. The van der Waals surface area contributed by atoms with Crippen molar-refractivity contribution in [2.45, 2.75) is 17.8 Å². The van der Waals surface area contributed by atoms with Crippen LogP contribution in [-0.4, -0.2) is 32.4 Å². The molecule has 0 aliphatic rings. The number of rotatable bonds is 10. The van der Waals surface area contributed by atoms with Crippen LogP contribution in [0.1, 0.15) is 38.8 Å². The molecule has 0 unspecified atom stereocenters. The molecule has 0 atom stereocenters. The molecule has 5 aromatic rings. The largest absolute Gasteiger partial charge is 0.323 e. The third-order valence-corrected chi connectivity index (χ3v) is 7.70. The smallest absolute Gasteiger partial charge is 0.255 e. The van der Waals surface area contributed by atoms with Gasteiger partial charge in [-0.15, -0.1) is 10.2 Å². The minimum Gasteiger partial charge on any atom is -0.323 e. The van der Waals surface area contributed by atoms with Gasteiger partial charge in [-0.25, -0.2) is 0 Å². The van der Waals surface area contributed by atoms with E-state index < -0.39 is 0 Å². The summed E-state index contributed by atoms with van der Waals surface area (Å²) in [7, 11) is 1.91. The number of hydrogen-bond acceptors (Lipinski definition) is 6. The molecule has 2 amide bonds. The lowest BCUT2D eigenvalue weighted by Crippen LogP contribution is -2.11. The van der Waals surface area contributed by atoms with E-state index in [1.807, 2.05) is 78.3 Å². The molecule has 0 saturated carbocycles. The van der Waals surface area contributed by atoms with Crippen LogP contribution < -0.4 is 10.6 Å². The zero-order valence-corrected chi connectivity index (χ0v) is 24.5. The average Bonchev–Trinajstić information content (AvgIpc) is 3.40. The van der Waals surface area contributed by atoms with Crippen LogP contribution in [-0.2, 0) is 17.6 Å². The number of nitrogens with one attached hydrogen (secondary N) is 2. The van der Waals surface area contributed by atoms with Crippen LogP contribution in [0.25, 0.3) is 17.5 Å². The molecule has 4 aromatic carbocycles. The Hall–Kier alpha value is -5.28. The SMILES string of the molecule is CC(=O)c1ccc(NC(=O)c2ccc(CSc3nnc(-c4ccc(NC(=O)C=Cc5ccccc5)cc4)n3C)cc2)cc1. The fourth-order valence-electron chi connectivity index (χ4n) is 4.21. The zero-order valence-electron chi connectivity index (χ0n) is 23.7. The first-order valence-corrected chi connectivity index (χ1v) is 14.5. The van der Waals surface area contributed by atoms with Gasteiger partial charge in [-0.1, -0.05) is 54.2 Å². The first-order valence-electron chi connectivity index (χ1n) is 13.5. The summed E-state index contributed by atoms with van der Waals surface area (Å²) >= 11 is 1.55. The molecule has 0 aliphatic carbocycles. The molecule has 214 valence electrons. The second kappa shape index (κ2) is 13.6. The van der Waals surface area contributed by atoms with Gasteiger partial charge < -0.3 is 15.2 Å². The molecule has 0 aliphatic heterocycles. The van der Waals surface area contributed by atoms with Gasteiger partial charge in [0.15, 0.2) is 16.8 Å². The molecule has 1 heterocycles. The lowest BCUT2D eigenvalue weighted by Gasteiger charge is -2.08. The van der Waals surface area contributed by atoms with E-state index in [9.17, 15) is 14.4 Å². The lowest BCUT2D eigenvalue weighted by molar-refractivity contribution is -0.111. The van der Waals surface area contributed by atoms with Crippen LogP contribution in [0, 0.1) is 0 Å². The van der Waals surface area contributed by atoms with E-state index in [1.165, 1.54) is 13.0 Å². The average molecular weight is 588 g/mol.